The van der Waals surface area contributed by atoms with Gasteiger partial charge in [-0.1, -0.05) is 0 Å². The Labute approximate surface area is 104 Å². The zero-order valence-electron chi connectivity index (χ0n) is 11.1. The number of hydrogen-bond donors (Lipinski definition) is 2. The fourth-order valence-electron chi connectivity index (χ4n) is 1.01. The van der Waals surface area contributed by atoms with E-state index in [9.17, 15) is 0 Å². The van der Waals surface area contributed by atoms with Crippen LogP contribution in [0.1, 0.15) is 20.3 Å². The average Bonchev–Trinajstić information content (AvgIpc) is 2.28. The number of hydrogen-bond acceptors (Lipinski definition) is 3. The van der Waals surface area contributed by atoms with Crippen LogP contribution in [0, 0.1) is 0 Å². The van der Waals surface area contributed by atoms with Crippen LogP contribution in [0.3, 0.4) is 0 Å². The van der Waals surface area contributed by atoms with E-state index in [0.717, 1.165) is 25.5 Å². The summed E-state index contributed by atoms with van der Waals surface area (Å²) in [5.74, 6) is 2.01. The average molecular weight is 247 g/mol. The molecule has 0 spiro atoms. The lowest BCUT2D eigenvalue weighted by molar-refractivity contribution is 0.0268. The maximum atomic E-state index is 5.33. The first-order chi connectivity index (χ1) is 7.55. The molecule has 96 valence electrons. The van der Waals surface area contributed by atoms with Gasteiger partial charge < -0.3 is 15.4 Å². The van der Waals surface area contributed by atoms with Crippen LogP contribution in [0.15, 0.2) is 4.99 Å². The molecule has 5 heteroatoms. The Kier molecular flexibility index (Phi) is 8.47. The first-order valence-electron chi connectivity index (χ1n) is 5.54. The monoisotopic (exact) mass is 247 g/mol. The molecule has 0 saturated heterocycles. The molecule has 0 heterocycles. The second kappa shape index (κ2) is 8.70. The lowest BCUT2D eigenvalue weighted by Gasteiger charge is -2.24. The number of rotatable bonds is 7. The van der Waals surface area contributed by atoms with Crippen molar-refractivity contribution in [2.45, 2.75) is 25.9 Å². The summed E-state index contributed by atoms with van der Waals surface area (Å²) in [6, 6.07) is 0. The highest BCUT2D eigenvalue weighted by atomic mass is 32.2. The van der Waals surface area contributed by atoms with E-state index in [1.54, 1.807) is 14.2 Å². The molecule has 0 aliphatic carbocycles. The summed E-state index contributed by atoms with van der Waals surface area (Å²) in [5.41, 5.74) is -0.170. The van der Waals surface area contributed by atoms with Gasteiger partial charge in [0.15, 0.2) is 5.96 Å². The summed E-state index contributed by atoms with van der Waals surface area (Å²) >= 11 is 1.86. The van der Waals surface area contributed by atoms with E-state index in [-0.39, 0.29) is 5.60 Å². The molecule has 0 radical (unpaired) electrons. The summed E-state index contributed by atoms with van der Waals surface area (Å²) in [4.78, 5) is 4.16. The lowest BCUT2D eigenvalue weighted by atomic mass is 10.1. The highest BCUT2D eigenvalue weighted by molar-refractivity contribution is 7.98. The van der Waals surface area contributed by atoms with Crippen LogP contribution in [-0.2, 0) is 4.74 Å². The Morgan fingerprint density at radius 1 is 1.38 bits per heavy atom. The molecule has 0 unspecified atom stereocenters. The standard InChI is InChI=1S/C11H25N3OS/c1-11(2,15-4)9-14-10(12-3)13-7-6-8-16-5/h6-9H2,1-5H3,(H2,12,13,14). The van der Waals surface area contributed by atoms with Crippen molar-refractivity contribution in [3.05, 3.63) is 0 Å². The minimum atomic E-state index is -0.170. The van der Waals surface area contributed by atoms with Crippen LogP contribution >= 0.6 is 11.8 Å². The molecule has 16 heavy (non-hydrogen) atoms. The van der Waals surface area contributed by atoms with E-state index in [1.165, 1.54) is 5.75 Å². The Morgan fingerprint density at radius 3 is 2.56 bits per heavy atom. The molecule has 0 aromatic carbocycles. The van der Waals surface area contributed by atoms with Crippen molar-refractivity contribution in [1.29, 1.82) is 0 Å². The van der Waals surface area contributed by atoms with Crippen molar-refractivity contribution in [3.8, 4) is 0 Å². The van der Waals surface area contributed by atoms with E-state index in [1.807, 2.05) is 25.6 Å². The van der Waals surface area contributed by atoms with Gasteiger partial charge >= 0.3 is 0 Å². The molecule has 0 aliphatic heterocycles. The van der Waals surface area contributed by atoms with Gasteiger partial charge in [0.1, 0.15) is 0 Å². The van der Waals surface area contributed by atoms with Crippen molar-refractivity contribution >= 4 is 17.7 Å². The number of guanidine groups is 1. The van der Waals surface area contributed by atoms with Crippen molar-refractivity contribution in [2.24, 2.45) is 4.99 Å². The second-order valence-electron chi connectivity index (χ2n) is 4.16. The Bertz CT molecular complexity index is 207. The molecule has 0 atom stereocenters. The quantitative estimate of drug-likeness (QED) is 0.405. The van der Waals surface area contributed by atoms with Gasteiger partial charge in [-0.25, -0.2) is 0 Å². The number of methoxy groups -OCH3 is 1. The Morgan fingerprint density at radius 2 is 2.06 bits per heavy atom. The van der Waals surface area contributed by atoms with Gasteiger partial charge in [0, 0.05) is 27.2 Å². The normalized spacial score (nSPS) is 12.7. The fraction of sp³-hybridized carbons (Fsp3) is 0.909. The van der Waals surface area contributed by atoms with E-state index in [2.05, 4.69) is 21.9 Å². The summed E-state index contributed by atoms with van der Waals surface area (Å²) in [6.45, 7) is 5.78. The van der Waals surface area contributed by atoms with E-state index in [4.69, 9.17) is 4.74 Å². The second-order valence-corrected chi connectivity index (χ2v) is 5.15. The summed E-state index contributed by atoms with van der Waals surface area (Å²) in [7, 11) is 3.50. The maximum absolute atomic E-state index is 5.33. The summed E-state index contributed by atoms with van der Waals surface area (Å²) in [6.07, 6.45) is 3.27. The number of ether oxygens (including phenoxy) is 1. The molecule has 0 fully saturated rings. The van der Waals surface area contributed by atoms with Crippen LogP contribution in [-0.4, -0.2) is 50.8 Å². The number of nitrogens with one attached hydrogen (secondary N) is 2. The van der Waals surface area contributed by atoms with E-state index < -0.39 is 0 Å². The zero-order chi connectivity index (χ0) is 12.4. The molecule has 0 amide bonds. The number of aliphatic imine (C=N–C) groups is 1. The van der Waals surface area contributed by atoms with E-state index in [0.29, 0.717) is 0 Å². The molecule has 0 aromatic heterocycles. The SMILES string of the molecule is CN=C(NCCCSC)NCC(C)(C)OC. The van der Waals surface area contributed by atoms with Gasteiger partial charge in [-0.05, 0) is 32.3 Å². The van der Waals surface area contributed by atoms with Gasteiger partial charge in [-0.2, -0.15) is 11.8 Å². The zero-order valence-corrected chi connectivity index (χ0v) is 11.9. The third kappa shape index (κ3) is 7.82. The topological polar surface area (TPSA) is 45.7 Å². The van der Waals surface area contributed by atoms with Gasteiger partial charge in [-0.15, -0.1) is 0 Å². The van der Waals surface area contributed by atoms with Crippen LogP contribution in [0.25, 0.3) is 0 Å². The largest absolute Gasteiger partial charge is 0.377 e. The minimum Gasteiger partial charge on any atom is -0.377 e. The molecular formula is C11H25N3OS. The van der Waals surface area contributed by atoms with E-state index >= 15 is 0 Å². The summed E-state index contributed by atoms with van der Waals surface area (Å²) < 4.78 is 5.33. The predicted molar refractivity (Wildman–Crippen MR) is 73.5 cm³/mol. The van der Waals surface area contributed by atoms with Crippen molar-refractivity contribution < 1.29 is 4.74 Å². The fourth-order valence-corrected chi connectivity index (χ4v) is 1.45. The molecule has 0 aliphatic rings. The van der Waals surface area contributed by atoms with Crippen LogP contribution in [0.4, 0.5) is 0 Å². The third-order valence-corrected chi connectivity index (χ3v) is 2.97. The molecule has 0 bridgehead atoms. The third-order valence-electron chi connectivity index (χ3n) is 2.28. The van der Waals surface area contributed by atoms with Gasteiger partial charge in [-0.3, -0.25) is 4.99 Å². The maximum Gasteiger partial charge on any atom is 0.191 e. The minimum absolute atomic E-state index is 0.170. The smallest absolute Gasteiger partial charge is 0.191 e. The molecule has 0 saturated carbocycles. The van der Waals surface area contributed by atoms with Crippen LogP contribution < -0.4 is 10.6 Å². The van der Waals surface area contributed by atoms with Crippen molar-refractivity contribution in [2.75, 3.05) is 39.3 Å². The first kappa shape index (κ1) is 15.6. The van der Waals surface area contributed by atoms with Gasteiger partial charge in [0.25, 0.3) is 0 Å². The molecular weight excluding hydrogens is 222 g/mol. The Balaban J connectivity index is 3.77. The lowest BCUT2D eigenvalue weighted by Crippen LogP contribution is -2.45. The van der Waals surface area contributed by atoms with Crippen LogP contribution in [0.2, 0.25) is 0 Å². The van der Waals surface area contributed by atoms with Gasteiger partial charge in [0.2, 0.25) is 0 Å². The molecule has 0 rings (SSSR count). The predicted octanol–water partition coefficient (Wildman–Crippen LogP) is 1.33. The molecule has 2 N–H and O–H groups in total. The highest BCUT2D eigenvalue weighted by Gasteiger charge is 2.16. The molecule has 4 nitrogen and oxygen atoms in total. The van der Waals surface area contributed by atoms with Crippen molar-refractivity contribution in [3.63, 3.8) is 0 Å². The highest BCUT2D eigenvalue weighted by Crippen LogP contribution is 2.04. The van der Waals surface area contributed by atoms with Gasteiger partial charge in [0.05, 0.1) is 5.60 Å². The number of nitrogens with zero attached hydrogens (tertiary/aromatic N) is 1. The first-order valence-corrected chi connectivity index (χ1v) is 6.93. The number of thioether (sulfide) groups is 1. The Hall–Kier alpha value is -0.420. The van der Waals surface area contributed by atoms with Crippen molar-refractivity contribution in [1.82, 2.24) is 10.6 Å². The van der Waals surface area contributed by atoms with Crippen LogP contribution in [0.5, 0.6) is 0 Å². The molecule has 0 aromatic rings. The summed E-state index contributed by atoms with van der Waals surface area (Å²) in [5, 5.41) is 6.52.